The van der Waals surface area contributed by atoms with Gasteiger partial charge in [0.2, 0.25) is 5.91 Å². The molecule has 1 aromatic carbocycles. The normalized spacial score (nSPS) is 30.2. The average molecular weight is 342 g/mol. The van der Waals surface area contributed by atoms with Gasteiger partial charge in [-0.2, -0.15) is 0 Å². The first-order valence-electron chi connectivity index (χ1n) is 9.98. The Bertz CT molecular complexity index is 571. The molecule has 1 amide bonds. The van der Waals surface area contributed by atoms with Gasteiger partial charge in [-0.05, 0) is 37.7 Å². The maximum absolute atomic E-state index is 13.0. The maximum atomic E-state index is 13.0. The second kappa shape index (κ2) is 7.88. The fourth-order valence-corrected chi connectivity index (χ4v) is 4.80. The molecule has 1 aromatic rings. The third kappa shape index (κ3) is 3.90. The summed E-state index contributed by atoms with van der Waals surface area (Å²) < 4.78 is 6.04. The number of carbonyl (C=O) groups is 1. The van der Waals surface area contributed by atoms with E-state index < -0.39 is 0 Å². The van der Waals surface area contributed by atoms with Gasteiger partial charge in [0.25, 0.3) is 0 Å². The molecule has 0 saturated carbocycles. The van der Waals surface area contributed by atoms with E-state index in [9.17, 15) is 4.79 Å². The van der Waals surface area contributed by atoms with Gasteiger partial charge in [-0.15, -0.1) is 0 Å². The molecule has 3 fully saturated rings. The molecule has 0 N–H and O–H groups in total. The molecule has 3 aliphatic rings. The molecule has 0 radical (unpaired) electrons. The molecule has 4 nitrogen and oxygen atoms in total. The van der Waals surface area contributed by atoms with E-state index in [1.165, 1.54) is 18.4 Å². The number of carbonyl (C=O) groups excluding carboxylic acids is 1. The summed E-state index contributed by atoms with van der Waals surface area (Å²) in [5, 5.41) is 0. The van der Waals surface area contributed by atoms with Gasteiger partial charge in [0, 0.05) is 51.2 Å². The van der Waals surface area contributed by atoms with Gasteiger partial charge in [-0.25, -0.2) is 0 Å². The molecular weight excluding hydrogens is 312 g/mol. The first-order valence-corrected chi connectivity index (χ1v) is 9.98. The Morgan fingerprint density at radius 1 is 1.08 bits per heavy atom. The SMILES string of the molecule is O=C([C@@H]1CCO[C@@H]2CCN(CCc3ccccc3)C[C@@H]21)N1CCCC1. The lowest BCUT2D eigenvalue weighted by Gasteiger charge is -2.45. The van der Waals surface area contributed by atoms with Crippen LogP contribution in [0.4, 0.5) is 0 Å². The van der Waals surface area contributed by atoms with E-state index in [0.717, 1.165) is 58.6 Å². The van der Waals surface area contributed by atoms with Crippen molar-refractivity contribution >= 4 is 5.91 Å². The average Bonchev–Trinajstić information content (AvgIpc) is 3.21. The van der Waals surface area contributed by atoms with Gasteiger partial charge in [-0.1, -0.05) is 30.3 Å². The van der Waals surface area contributed by atoms with E-state index in [0.29, 0.717) is 17.9 Å². The number of benzene rings is 1. The Kier molecular flexibility index (Phi) is 5.37. The molecule has 0 unspecified atom stereocenters. The summed E-state index contributed by atoms with van der Waals surface area (Å²) in [4.78, 5) is 17.6. The number of nitrogens with zero attached hydrogens (tertiary/aromatic N) is 2. The van der Waals surface area contributed by atoms with Crippen LogP contribution in [0.1, 0.15) is 31.2 Å². The van der Waals surface area contributed by atoms with E-state index >= 15 is 0 Å². The van der Waals surface area contributed by atoms with Crippen molar-refractivity contribution in [3.63, 3.8) is 0 Å². The van der Waals surface area contributed by atoms with E-state index in [2.05, 4.69) is 40.1 Å². The highest BCUT2D eigenvalue weighted by molar-refractivity contribution is 5.79. The van der Waals surface area contributed by atoms with Crippen molar-refractivity contribution < 1.29 is 9.53 Å². The summed E-state index contributed by atoms with van der Waals surface area (Å²) in [6, 6.07) is 10.7. The Labute approximate surface area is 151 Å². The van der Waals surface area contributed by atoms with Gasteiger partial charge >= 0.3 is 0 Å². The van der Waals surface area contributed by atoms with E-state index in [1.807, 2.05) is 0 Å². The van der Waals surface area contributed by atoms with Gasteiger partial charge in [0.05, 0.1) is 6.10 Å². The van der Waals surface area contributed by atoms with Crippen LogP contribution in [0.5, 0.6) is 0 Å². The fourth-order valence-electron chi connectivity index (χ4n) is 4.80. The third-order valence-corrected chi connectivity index (χ3v) is 6.25. The zero-order valence-corrected chi connectivity index (χ0v) is 15.1. The Morgan fingerprint density at radius 3 is 2.68 bits per heavy atom. The van der Waals surface area contributed by atoms with Gasteiger partial charge in [0.15, 0.2) is 0 Å². The van der Waals surface area contributed by atoms with Crippen LogP contribution in [-0.2, 0) is 16.0 Å². The van der Waals surface area contributed by atoms with Crippen LogP contribution in [0.2, 0.25) is 0 Å². The van der Waals surface area contributed by atoms with E-state index in [-0.39, 0.29) is 5.92 Å². The van der Waals surface area contributed by atoms with Crippen molar-refractivity contribution in [3.8, 4) is 0 Å². The largest absolute Gasteiger partial charge is 0.378 e. The molecule has 136 valence electrons. The molecule has 25 heavy (non-hydrogen) atoms. The van der Waals surface area contributed by atoms with Crippen molar-refractivity contribution in [2.45, 2.75) is 38.2 Å². The Hall–Kier alpha value is -1.39. The highest BCUT2D eigenvalue weighted by Crippen LogP contribution is 2.35. The number of hydrogen-bond donors (Lipinski definition) is 0. The van der Waals surface area contributed by atoms with E-state index in [4.69, 9.17) is 4.74 Å². The van der Waals surface area contributed by atoms with Crippen LogP contribution in [0, 0.1) is 11.8 Å². The second-order valence-electron chi connectivity index (χ2n) is 7.83. The monoisotopic (exact) mass is 342 g/mol. The minimum absolute atomic E-state index is 0.177. The van der Waals surface area contributed by atoms with Crippen molar-refractivity contribution in [2.75, 3.05) is 39.3 Å². The van der Waals surface area contributed by atoms with Crippen LogP contribution < -0.4 is 0 Å². The standard InChI is InChI=1S/C21H30N2O2/c24-21(23-11-4-5-12-23)18-10-15-25-20-9-14-22(16-19(18)20)13-8-17-6-2-1-3-7-17/h1-3,6-7,18-20H,4-5,8-16H2/t18-,19-,20-/m1/s1. The number of piperidine rings is 1. The minimum Gasteiger partial charge on any atom is -0.378 e. The first-order chi connectivity index (χ1) is 12.3. The number of amides is 1. The van der Waals surface area contributed by atoms with Crippen LogP contribution in [0.25, 0.3) is 0 Å². The van der Waals surface area contributed by atoms with Gasteiger partial charge < -0.3 is 14.5 Å². The highest BCUT2D eigenvalue weighted by Gasteiger charge is 2.43. The molecule has 0 bridgehead atoms. The van der Waals surface area contributed by atoms with Crippen molar-refractivity contribution in [3.05, 3.63) is 35.9 Å². The number of ether oxygens (including phenoxy) is 1. The molecule has 4 heteroatoms. The maximum Gasteiger partial charge on any atom is 0.226 e. The second-order valence-corrected chi connectivity index (χ2v) is 7.83. The van der Waals surface area contributed by atoms with E-state index in [1.54, 1.807) is 0 Å². The topological polar surface area (TPSA) is 32.8 Å². The number of hydrogen-bond acceptors (Lipinski definition) is 3. The molecule has 3 saturated heterocycles. The van der Waals surface area contributed by atoms with Crippen LogP contribution in [0.15, 0.2) is 30.3 Å². The van der Waals surface area contributed by atoms with Crippen LogP contribution in [-0.4, -0.2) is 61.1 Å². The van der Waals surface area contributed by atoms with Gasteiger partial charge in [0.1, 0.15) is 0 Å². The Morgan fingerprint density at radius 2 is 1.88 bits per heavy atom. The van der Waals surface area contributed by atoms with Crippen LogP contribution >= 0.6 is 0 Å². The quantitative estimate of drug-likeness (QED) is 0.843. The first kappa shape index (κ1) is 17.0. The summed E-state index contributed by atoms with van der Waals surface area (Å²) in [6.45, 7) is 5.88. The summed E-state index contributed by atoms with van der Waals surface area (Å²) >= 11 is 0. The molecule has 0 aliphatic carbocycles. The summed E-state index contributed by atoms with van der Waals surface area (Å²) in [7, 11) is 0. The summed E-state index contributed by atoms with van der Waals surface area (Å²) in [5.41, 5.74) is 1.40. The minimum atomic E-state index is 0.177. The zero-order chi connectivity index (χ0) is 17.1. The summed E-state index contributed by atoms with van der Waals surface area (Å²) in [6.07, 6.45) is 5.70. The highest BCUT2D eigenvalue weighted by atomic mass is 16.5. The third-order valence-electron chi connectivity index (χ3n) is 6.25. The predicted molar refractivity (Wildman–Crippen MR) is 98.4 cm³/mol. The fraction of sp³-hybridized carbons (Fsp3) is 0.667. The predicted octanol–water partition coefficient (Wildman–Crippen LogP) is 2.58. The zero-order valence-electron chi connectivity index (χ0n) is 15.1. The smallest absolute Gasteiger partial charge is 0.226 e. The number of rotatable bonds is 4. The molecule has 0 aromatic heterocycles. The molecule has 3 heterocycles. The van der Waals surface area contributed by atoms with Gasteiger partial charge in [-0.3, -0.25) is 4.79 Å². The Balaban J connectivity index is 1.37. The lowest BCUT2D eigenvalue weighted by atomic mass is 9.78. The number of fused-ring (bicyclic) bond motifs is 1. The number of likely N-dealkylation sites (tertiary alicyclic amines) is 2. The van der Waals surface area contributed by atoms with Crippen LogP contribution in [0.3, 0.4) is 0 Å². The molecule has 4 rings (SSSR count). The lowest BCUT2D eigenvalue weighted by molar-refractivity contribution is -0.150. The molecular formula is C21H30N2O2. The molecule has 3 atom stereocenters. The summed E-state index contributed by atoms with van der Waals surface area (Å²) in [5.74, 6) is 0.962. The van der Waals surface area contributed by atoms with Crippen molar-refractivity contribution in [1.82, 2.24) is 9.80 Å². The molecule has 3 aliphatic heterocycles. The van der Waals surface area contributed by atoms with Crippen molar-refractivity contribution in [2.24, 2.45) is 11.8 Å². The molecule has 0 spiro atoms. The lowest BCUT2D eigenvalue weighted by Crippen LogP contribution is -2.53. The van der Waals surface area contributed by atoms with Crippen molar-refractivity contribution in [1.29, 1.82) is 0 Å².